The summed E-state index contributed by atoms with van der Waals surface area (Å²) >= 11 is 0. The lowest BCUT2D eigenvalue weighted by Gasteiger charge is -2.16. The average Bonchev–Trinajstić information content (AvgIpc) is 2.90. The van der Waals surface area contributed by atoms with Crippen LogP contribution in [-0.4, -0.2) is 37.9 Å². The fourth-order valence-electron chi connectivity index (χ4n) is 1.98. The van der Waals surface area contributed by atoms with Crippen molar-refractivity contribution in [2.24, 2.45) is 0 Å². The third-order valence-corrected chi connectivity index (χ3v) is 5.32. The second-order valence-electron chi connectivity index (χ2n) is 5.48. The van der Waals surface area contributed by atoms with Crippen molar-refractivity contribution >= 4 is 21.6 Å². The number of benzene rings is 1. The second kappa shape index (κ2) is 6.13. The van der Waals surface area contributed by atoms with Gasteiger partial charge in [-0.15, -0.1) is 0 Å². The number of hydrogen-bond acceptors (Lipinski definition) is 5. The van der Waals surface area contributed by atoms with E-state index in [-0.39, 0.29) is 10.6 Å². The molecule has 0 unspecified atom stereocenters. The smallest absolute Gasteiger partial charge is 0.277 e. The van der Waals surface area contributed by atoms with Gasteiger partial charge in [0.15, 0.2) is 5.69 Å². The lowest BCUT2D eigenvalue weighted by molar-refractivity contribution is 0.101. The van der Waals surface area contributed by atoms with E-state index in [1.807, 2.05) is 6.92 Å². The maximum absolute atomic E-state index is 12.3. The molecule has 23 heavy (non-hydrogen) atoms. The molecule has 0 radical (unpaired) electrons. The highest BCUT2D eigenvalue weighted by atomic mass is 32.2. The third kappa shape index (κ3) is 3.43. The van der Waals surface area contributed by atoms with Gasteiger partial charge in [0.2, 0.25) is 10.0 Å². The van der Waals surface area contributed by atoms with Gasteiger partial charge in [-0.2, -0.15) is 0 Å². The first kappa shape index (κ1) is 17.2. The van der Waals surface area contributed by atoms with Gasteiger partial charge < -0.3 is 9.84 Å². The van der Waals surface area contributed by atoms with E-state index >= 15 is 0 Å². The summed E-state index contributed by atoms with van der Waals surface area (Å²) in [5, 5.41) is 6.34. The van der Waals surface area contributed by atoms with Crippen molar-refractivity contribution in [2.75, 3.05) is 19.4 Å². The fraction of sp³-hybridized carbons (Fsp3) is 0.333. The highest BCUT2D eigenvalue weighted by Gasteiger charge is 2.21. The number of carbonyl (C=O) groups excluding carboxylic acids is 1. The Morgan fingerprint density at radius 1 is 1.17 bits per heavy atom. The summed E-state index contributed by atoms with van der Waals surface area (Å²) in [6, 6.07) is 4.54. The molecule has 2 rings (SSSR count). The molecule has 7 nitrogen and oxygen atoms in total. The van der Waals surface area contributed by atoms with E-state index < -0.39 is 15.9 Å². The van der Waals surface area contributed by atoms with Gasteiger partial charge in [-0.3, -0.25) is 4.79 Å². The number of nitrogens with one attached hydrogen (secondary N) is 1. The van der Waals surface area contributed by atoms with Gasteiger partial charge in [0.05, 0.1) is 4.90 Å². The largest absolute Gasteiger partial charge is 0.361 e. The molecule has 0 atom stereocenters. The molecular formula is C15H19N3O4S. The molecule has 0 bridgehead atoms. The summed E-state index contributed by atoms with van der Waals surface area (Å²) in [7, 11) is -0.669. The summed E-state index contributed by atoms with van der Waals surface area (Å²) in [6.07, 6.45) is 0. The summed E-state index contributed by atoms with van der Waals surface area (Å²) in [4.78, 5) is 12.3. The molecule has 0 fully saturated rings. The van der Waals surface area contributed by atoms with Gasteiger partial charge in [-0.1, -0.05) is 5.16 Å². The van der Waals surface area contributed by atoms with E-state index in [2.05, 4.69) is 10.5 Å². The normalized spacial score (nSPS) is 11.7. The van der Waals surface area contributed by atoms with Crippen LogP contribution in [0.3, 0.4) is 0 Å². The number of hydrogen-bond donors (Lipinski definition) is 1. The fourth-order valence-corrected chi connectivity index (χ4v) is 2.99. The van der Waals surface area contributed by atoms with Crippen LogP contribution >= 0.6 is 0 Å². The topological polar surface area (TPSA) is 92.5 Å². The first-order valence-corrected chi connectivity index (χ1v) is 8.35. The summed E-state index contributed by atoms with van der Waals surface area (Å²) < 4.78 is 30.6. The van der Waals surface area contributed by atoms with Crippen LogP contribution in [0.2, 0.25) is 0 Å². The zero-order valence-electron chi connectivity index (χ0n) is 13.7. The summed E-state index contributed by atoms with van der Waals surface area (Å²) in [5.41, 5.74) is 2.12. The predicted molar refractivity (Wildman–Crippen MR) is 86.0 cm³/mol. The van der Waals surface area contributed by atoms with E-state index in [9.17, 15) is 13.2 Å². The zero-order chi connectivity index (χ0) is 17.4. The van der Waals surface area contributed by atoms with E-state index in [1.165, 1.54) is 26.2 Å². The molecule has 0 spiro atoms. The maximum atomic E-state index is 12.3. The van der Waals surface area contributed by atoms with Crippen LogP contribution in [0.15, 0.2) is 27.6 Å². The van der Waals surface area contributed by atoms with Crippen LogP contribution in [0.25, 0.3) is 0 Å². The number of aromatic nitrogens is 1. The first-order valence-electron chi connectivity index (χ1n) is 6.91. The molecule has 2 aromatic rings. The number of amides is 1. The van der Waals surface area contributed by atoms with E-state index in [1.54, 1.807) is 19.9 Å². The first-order chi connectivity index (χ1) is 10.6. The maximum Gasteiger partial charge on any atom is 0.277 e. The number of aryl methyl sites for hydroxylation is 2. The summed E-state index contributed by atoms with van der Waals surface area (Å²) in [5.74, 6) is 0.0655. The van der Waals surface area contributed by atoms with Crippen LogP contribution in [0.1, 0.15) is 27.4 Å². The zero-order valence-corrected chi connectivity index (χ0v) is 14.5. The lowest BCUT2D eigenvalue weighted by atomic mass is 10.1. The van der Waals surface area contributed by atoms with Crippen molar-refractivity contribution < 1.29 is 17.7 Å². The number of rotatable bonds is 4. The van der Waals surface area contributed by atoms with Crippen molar-refractivity contribution in [3.8, 4) is 0 Å². The Bertz CT molecular complexity index is 854. The van der Waals surface area contributed by atoms with Gasteiger partial charge in [-0.05, 0) is 44.0 Å². The van der Waals surface area contributed by atoms with Crippen molar-refractivity contribution in [3.63, 3.8) is 0 Å². The molecule has 0 aliphatic carbocycles. The molecule has 8 heteroatoms. The molecular weight excluding hydrogens is 318 g/mol. The van der Waals surface area contributed by atoms with E-state index in [0.29, 0.717) is 11.4 Å². The Hall–Kier alpha value is -2.19. The van der Waals surface area contributed by atoms with Crippen molar-refractivity contribution in [1.82, 2.24) is 9.46 Å². The van der Waals surface area contributed by atoms with Crippen molar-refractivity contribution in [1.29, 1.82) is 0 Å². The average molecular weight is 337 g/mol. The third-order valence-electron chi connectivity index (χ3n) is 3.53. The molecule has 1 amide bonds. The Balaban J connectivity index is 2.43. The van der Waals surface area contributed by atoms with Gasteiger partial charge in [0.1, 0.15) is 5.76 Å². The molecule has 0 saturated carbocycles. The number of carbonyl (C=O) groups is 1. The predicted octanol–water partition coefficient (Wildman–Crippen LogP) is 2.10. The molecule has 1 N–H and O–H groups in total. The SMILES string of the molecule is Cc1cc(C(=O)Nc2cc(S(=O)(=O)N(C)C)cc(C)c2C)no1. The number of anilines is 1. The monoisotopic (exact) mass is 337 g/mol. The van der Waals surface area contributed by atoms with Crippen LogP contribution in [0.5, 0.6) is 0 Å². The Labute approximate surface area is 135 Å². The summed E-state index contributed by atoms with van der Waals surface area (Å²) in [6.45, 7) is 5.29. The molecule has 1 aromatic heterocycles. The minimum atomic E-state index is -3.59. The Morgan fingerprint density at radius 2 is 1.83 bits per heavy atom. The molecule has 0 aliphatic rings. The van der Waals surface area contributed by atoms with E-state index in [0.717, 1.165) is 15.4 Å². The quantitative estimate of drug-likeness (QED) is 0.922. The molecule has 1 heterocycles. The van der Waals surface area contributed by atoms with Crippen LogP contribution in [-0.2, 0) is 10.0 Å². The van der Waals surface area contributed by atoms with E-state index in [4.69, 9.17) is 4.52 Å². The minimum Gasteiger partial charge on any atom is -0.361 e. The van der Waals surface area contributed by atoms with Gasteiger partial charge in [0, 0.05) is 25.8 Å². The van der Waals surface area contributed by atoms with Crippen molar-refractivity contribution in [2.45, 2.75) is 25.7 Å². The van der Waals surface area contributed by atoms with Gasteiger partial charge in [0.25, 0.3) is 5.91 Å². The minimum absolute atomic E-state index is 0.122. The second-order valence-corrected chi connectivity index (χ2v) is 7.63. The molecule has 0 saturated heterocycles. The standard InChI is InChI=1S/C15H19N3O4S/c1-9-6-12(23(20,21)18(4)5)8-13(11(9)3)16-15(19)14-7-10(2)22-17-14/h6-8H,1-5H3,(H,16,19). The van der Waals surface area contributed by atoms with Crippen LogP contribution in [0, 0.1) is 20.8 Å². The Morgan fingerprint density at radius 3 is 2.35 bits per heavy atom. The van der Waals surface area contributed by atoms with Crippen molar-refractivity contribution in [3.05, 3.63) is 40.8 Å². The van der Waals surface area contributed by atoms with Gasteiger partial charge >= 0.3 is 0 Å². The highest BCUT2D eigenvalue weighted by molar-refractivity contribution is 7.89. The number of sulfonamides is 1. The highest BCUT2D eigenvalue weighted by Crippen LogP contribution is 2.26. The number of nitrogens with zero attached hydrogens (tertiary/aromatic N) is 2. The Kier molecular flexibility index (Phi) is 4.58. The van der Waals surface area contributed by atoms with Crippen LogP contribution < -0.4 is 5.32 Å². The molecule has 1 aromatic carbocycles. The molecule has 124 valence electrons. The lowest BCUT2D eigenvalue weighted by Crippen LogP contribution is -2.23. The molecule has 0 aliphatic heterocycles. The van der Waals surface area contributed by atoms with Crippen LogP contribution in [0.4, 0.5) is 5.69 Å². The van der Waals surface area contributed by atoms with Gasteiger partial charge in [-0.25, -0.2) is 12.7 Å².